The molecule has 29 heavy (non-hydrogen) atoms. The van der Waals surface area contributed by atoms with Crippen molar-refractivity contribution in [2.45, 2.75) is 33.1 Å². The first-order chi connectivity index (χ1) is 13.3. The molecule has 0 aliphatic carbocycles. The number of nitrogens with zero attached hydrogens (tertiary/aromatic N) is 2. The number of carbonyl (C=O) groups is 2. The molecule has 0 bridgehead atoms. The number of ketones is 1. The van der Waals surface area contributed by atoms with Gasteiger partial charge in [-0.15, -0.1) is 0 Å². The van der Waals surface area contributed by atoms with Crippen LogP contribution in [0.25, 0.3) is 5.69 Å². The van der Waals surface area contributed by atoms with E-state index in [0.717, 1.165) is 12.1 Å². The van der Waals surface area contributed by atoms with Crippen LogP contribution in [0.1, 0.15) is 35.5 Å². The minimum absolute atomic E-state index is 0.0243. The zero-order chi connectivity index (χ0) is 22.3. The van der Waals surface area contributed by atoms with Gasteiger partial charge in [-0.25, -0.2) is 23.2 Å². The van der Waals surface area contributed by atoms with Gasteiger partial charge in [-0.05, 0) is 38.5 Å². The van der Waals surface area contributed by atoms with Gasteiger partial charge in [-0.1, -0.05) is 0 Å². The van der Waals surface area contributed by atoms with Gasteiger partial charge < -0.3 is 10.6 Å². The van der Waals surface area contributed by atoms with Crippen LogP contribution >= 0.6 is 0 Å². The molecule has 2 N–H and O–H groups in total. The molecule has 0 saturated heterocycles. The lowest BCUT2D eigenvalue weighted by Crippen LogP contribution is -2.45. The number of hydrogen-bond acceptors (Lipinski definition) is 6. The molecule has 0 amide bonds. The van der Waals surface area contributed by atoms with E-state index in [1.54, 1.807) is 0 Å². The van der Waals surface area contributed by atoms with Crippen molar-refractivity contribution in [2.24, 2.45) is 0 Å². The number of benzene rings is 1. The zero-order valence-electron chi connectivity index (χ0n) is 15.3. The first-order valence-electron chi connectivity index (χ1n) is 7.99. The van der Waals surface area contributed by atoms with Gasteiger partial charge in [0.1, 0.15) is 5.82 Å². The molecule has 1 aromatic heterocycles. The summed E-state index contributed by atoms with van der Waals surface area (Å²) >= 11 is 0. The number of rotatable bonds is 4. The summed E-state index contributed by atoms with van der Waals surface area (Å²) in [6.07, 6.45) is -6.22. The van der Waals surface area contributed by atoms with Gasteiger partial charge in [0, 0.05) is 6.07 Å². The number of ether oxygens (including phenoxy) is 1. The molecular formula is C17H15F4N3O5. The van der Waals surface area contributed by atoms with Gasteiger partial charge in [-0.3, -0.25) is 9.59 Å². The van der Waals surface area contributed by atoms with Crippen LogP contribution in [-0.4, -0.2) is 27.1 Å². The Labute approximate surface area is 160 Å². The van der Waals surface area contributed by atoms with Crippen molar-refractivity contribution >= 4 is 11.8 Å². The number of aromatic nitrogens is 2. The summed E-state index contributed by atoms with van der Waals surface area (Å²) in [6.45, 7) is 3.79. The quantitative estimate of drug-likeness (QED) is 0.456. The van der Waals surface area contributed by atoms with Crippen molar-refractivity contribution in [2.75, 3.05) is 5.84 Å². The number of Topliss-reactive ketones (excluding diaryl/α,β-unsaturated/α-hetero) is 1. The molecule has 0 saturated carbocycles. The molecule has 2 aromatic rings. The van der Waals surface area contributed by atoms with Gasteiger partial charge in [0.2, 0.25) is 0 Å². The third-order valence-corrected chi connectivity index (χ3v) is 4.04. The Morgan fingerprint density at radius 1 is 1.17 bits per heavy atom. The fourth-order valence-electron chi connectivity index (χ4n) is 2.36. The van der Waals surface area contributed by atoms with E-state index in [4.69, 9.17) is 10.6 Å². The number of carbonyl (C=O) groups excluding carboxylic acids is 2. The highest BCUT2D eigenvalue weighted by Gasteiger charge is 2.36. The Morgan fingerprint density at radius 3 is 2.28 bits per heavy atom. The van der Waals surface area contributed by atoms with Gasteiger partial charge in [-0.2, -0.15) is 13.2 Å². The maximum atomic E-state index is 14.4. The lowest BCUT2D eigenvalue weighted by atomic mass is 10.1. The van der Waals surface area contributed by atoms with E-state index in [1.807, 2.05) is 0 Å². The summed E-state index contributed by atoms with van der Waals surface area (Å²) in [7, 11) is 0. The number of halogens is 4. The number of nitrogens with two attached hydrogens (primary N) is 1. The Hall–Kier alpha value is -3.44. The first kappa shape index (κ1) is 21.9. The molecular weight excluding hydrogens is 402 g/mol. The van der Waals surface area contributed by atoms with Gasteiger partial charge in [0.25, 0.3) is 5.56 Å². The molecule has 12 heteroatoms. The van der Waals surface area contributed by atoms with Crippen LogP contribution in [0, 0.1) is 12.7 Å². The SMILES string of the molecule is CC(=O)C(C)OC(=O)c1cc(-n2c(=O)cc(C(F)(F)F)n(N)c2=O)c(F)cc1C. The molecule has 2 rings (SSSR count). The highest BCUT2D eigenvalue weighted by molar-refractivity contribution is 5.94. The predicted octanol–water partition coefficient (Wildman–Crippen LogP) is 1.31. The summed E-state index contributed by atoms with van der Waals surface area (Å²) in [4.78, 5) is 47.8. The third-order valence-electron chi connectivity index (χ3n) is 4.04. The minimum atomic E-state index is -5.10. The first-order valence-corrected chi connectivity index (χ1v) is 7.99. The van der Waals surface area contributed by atoms with Crippen molar-refractivity contribution < 1.29 is 31.9 Å². The molecule has 1 unspecified atom stereocenters. The maximum Gasteiger partial charge on any atom is 0.433 e. The van der Waals surface area contributed by atoms with Crippen LogP contribution in [0.4, 0.5) is 17.6 Å². The lowest BCUT2D eigenvalue weighted by molar-refractivity contribution is -0.143. The van der Waals surface area contributed by atoms with Crippen molar-refractivity contribution in [3.63, 3.8) is 0 Å². The standard InChI is InChI=1S/C17H15F4N3O5/c1-7-4-11(18)12(5-10(7)15(27)29-9(3)8(2)25)23-14(26)6-13(17(19,20)21)24(22)16(23)28/h4-6,9H,22H2,1-3H3. The second-order valence-corrected chi connectivity index (χ2v) is 6.13. The van der Waals surface area contributed by atoms with Gasteiger partial charge in [0.05, 0.1) is 11.3 Å². The monoisotopic (exact) mass is 417 g/mol. The fraction of sp³-hybridized carbons (Fsp3) is 0.294. The van der Waals surface area contributed by atoms with Crippen LogP contribution in [0.5, 0.6) is 0 Å². The molecule has 0 aliphatic heterocycles. The van der Waals surface area contributed by atoms with Gasteiger partial charge in [0.15, 0.2) is 17.6 Å². The molecule has 0 aliphatic rings. The van der Waals surface area contributed by atoms with E-state index in [1.165, 1.54) is 20.8 Å². The largest absolute Gasteiger partial charge is 0.451 e. The minimum Gasteiger partial charge on any atom is -0.451 e. The number of aryl methyl sites for hydroxylation is 1. The third kappa shape index (κ3) is 4.20. The van der Waals surface area contributed by atoms with Crippen LogP contribution in [0.15, 0.2) is 27.8 Å². The zero-order valence-corrected chi connectivity index (χ0v) is 15.3. The predicted molar refractivity (Wildman–Crippen MR) is 91.7 cm³/mol. The van der Waals surface area contributed by atoms with Crippen molar-refractivity contribution in [1.82, 2.24) is 9.24 Å². The highest BCUT2D eigenvalue weighted by Crippen LogP contribution is 2.27. The number of alkyl halides is 3. The number of esters is 1. The van der Waals surface area contributed by atoms with Gasteiger partial charge >= 0.3 is 17.8 Å². The van der Waals surface area contributed by atoms with Crippen LogP contribution in [0.3, 0.4) is 0 Å². The van der Waals surface area contributed by atoms with E-state index in [2.05, 4.69) is 0 Å². The molecule has 1 heterocycles. The van der Waals surface area contributed by atoms with Crippen molar-refractivity contribution in [1.29, 1.82) is 0 Å². The fourth-order valence-corrected chi connectivity index (χ4v) is 2.36. The van der Waals surface area contributed by atoms with E-state index in [9.17, 15) is 36.7 Å². The maximum absolute atomic E-state index is 14.4. The average molecular weight is 417 g/mol. The summed E-state index contributed by atoms with van der Waals surface area (Å²) in [6, 6.07) is 1.57. The Bertz CT molecular complexity index is 1120. The van der Waals surface area contributed by atoms with Crippen LogP contribution < -0.4 is 17.1 Å². The average Bonchev–Trinajstić information content (AvgIpc) is 2.58. The highest BCUT2D eigenvalue weighted by atomic mass is 19.4. The van der Waals surface area contributed by atoms with E-state index < -0.39 is 52.5 Å². The van der Waals surface area contributed by atoms with Crippen molar-refractivity contribution in [3.05, 3.63) is 61.7 Å². The van der Waals surface area contributed by atoms with E-state index in [0.29, 0.717) is 0 Å². The topological polar surface area (TPSA) is 113 Å². The molecule has 0 spiro atoms. The smallest absolute Gasteiger partial charge is 0.433 e. The molecule has 0 radical (unpaired) electrons. The lowest BCUT2D eigenvalue weighted by Gasteiger charge is -2.16. The Balaban J connectivity index is 2.70. The molecule has 0 fully saturated rings. The number of hydrogen-bond donors (Lipinski definition) is 1. The molecule has 156 valence electrons. The second kappa shape index (κ2) is 7.53. The normalized spacial score (nSPS) is 12.5. The Morgan fingerprint density at radius 2 is 1.76 bits per heavy atom. The second-order valence-electron chi connectivity index (χ2n) is 6.13. The molecule has 1 atom stereocenters. The number of nitrogen functional groups attached to an aromatic ring is 1. The van der Waals surface area contributed by atoms with Crippen molar-refractivity contribution in [3.8, 4) is 5.69 Å². The van der Waals surface area contributed by atoms with E-state index >= 15 is 0 Å². The summed E-state index contributed by atoms with van der Waals surface area (Å²) in [5.74, 6) is 2.43. The summed E-state index contributed by atoms with van der Waals surface area (Å²) in [5.41, 5.74) is -5.98. The van der Waals surface area contributed by atoms with E-state index in [-0.39, 0.29) is 26.4 Å². The molecule has 8 nitrogen and oxygen atoms in total. The summed E-state index contributed by atoms with van der Waals surface area (Å²) < 4.78 is 57.7. The molecule has 1 aromatic carbocycles. The summed E-state index contributed by atoms with van der Waals surface area (Å²) in [5, 5.41) is 0. The van der Waals surface area contributed by atoms with Crippen LogP contribution in [-0.2, 0) is 15.7 Å². The van der Waals surface area contributed by atoms with Crippen LogP contribution in [0.2, 0.25) is 0 Å². The Kier molecular flexibility index (Phi) is 5.67.